The van der Waals surface area contributed by atoms with E-state index in [1.807, 2.05) is 30.3 Å². The summed E-state index contributed by atoms with van der Waals surface area (Å²) in [4.78, 5) is 16.3. The largest absolute Gasteiger partial charge is 0.461 e. The average molecular weight is 1050 g/mol. The van der Waals surface area contributed by atoms with Gasteiger partial charge >= 0.3 is 0 Å². The molecular formula is C75H47N5O2. The Kier molecular flexibility index (Phi) is 10.3. The highest BCUT2D eigenvalue weighted by molar-refractivity contribution is 6.14. The smallest absolute Gasteiger partial charge is 0.164 e. The summed E-state index contributed by atoms with van der Waals surface area (Å²) in [5.41, 5.74) is 18.5. The van der Waals surface area contributed by atoms with Gasteiger partial charge in [0.05, 0.1) is 27.8 Å². The van der Waals surface area contributed by atoms with Gasteiger partial charge in [0, 0.05) is 77.3 Å². The molecular weight excluding hydrogens is 1000 g/mol. The fourth-order valence-electron chi connectivity index (χ4n) is 12.9. The zero-order valence-electron chi connectivity index (χ0n) is 44.2. The quantitative estimate of drug-likeness (QED) is 0.152. The fourth-order valence-corrected chi connectivity index (χ4v) is 12.9. The minimum atomic E-state index is 0.135. The van der Waals surface area contributed by atoms with E-state index in [9.17, 15) is 0 Å². The number of ether oxygens (including phenoxy) is 1. The molecule has 7 nitrogen and oxygen atoms in total. The lowest BCUT2D eigenvalue weighted by atomic mass is 9.89. The third kappa shape index (κ3) is 7.33. The molecule has 0 fully saturated rings. The molecule has 0 saturated heterocycles. The normalized spacial score (nSPS) is 13.9. The van der Waals surface area contributed by atoms with Gasteiger partial charge in [-0.15, -0.1) is 0 Å². The summed E-state index contributed by atoms with van der Waals surface area (Å²) in [5.74, 6) is 3.59. The summed E-state index contributed by atoms with van der Waals surface area (Å²) in [5, 5.41) is 6.87. The monoisotopic (exact) mass is 1050 g/mol. The van der Waals surface area contributed by atoms with Crippen LogP contribution in [0.15, 0.2) is 277 Å². The number of rotatable bonds is 8. The van der Waals surface area contributed by atoms with E-state index in [-0.39, 0.29) is 5.92 Å². The Morgan fingerprint density at radius 2 is 0.927 bits per heavy atom. The van der Waals surface area contributed by atoms with Crippen LogP contribution in [-0.4, -0.2) is 24.1 Å². The van der Waals surface area contributed by atoms with Crippen molar-refractivity contribution >= 4 is 71.1 Å². The standard InChI is InChI=1S/C75H47N5O2/c1-4-18-46(19-5-1)49-32-36-56-63-45-53(79-64-28-14-10-24-54(64)55-25-11-15-29-65(55)79)35-39-66(63)80(67(56)42-49)72-61(47-20-6-2-7-21-47)40-52(41-62(72)48-22-8-3-9-23-48)75-77-73(50-33-37-59-57-26-12-16-30-68(57)81-70(59)43-50)76-74(78-75)51-34-38-60-58-27-13-17-31-69(58)82-71(60)44-51/h1-37,39-45,60H,38H2. The van der Waals surface area contributed by atoms with Crippen LogP contribution in [0.1, 0.15) is 23.7 Å². The zero-order valence-corrected chi connectivity index (χ0v) is 44.2. The van der Waals surface area contributed by atoms with Crippen molar-refractivity contribution in [2.45, 2.75) is 12.3 Å². The molecule has 0 spiro atoms. The Hall–Kier alpha value is -10.9. The van der Waals surface area contributed by atoms with Crippen molar-refractivity contribution in [1.29, 1.82) is 0 Å². The minimum absolute atomic E-state index is 0.135. The number of hydrogen-bond donors (Lipinski definition) is 0. The van der Waals surface area contributed by atoms with E-state index in [4.69, 9.17) is 24.1 Å². The third-order valence-corrected chi connectivity index (χ3v) is 16.7. The van der Waals surface area contributed by atoms with Crippen LogP contribution in [-0.2, 0) is 0 Å². The molecule has 4 aromatic heterocycles. The van der Waals surface area contributed by atoms with Gasteiger partial charge in [0.15, 0.2) is 17.5 Å². The first-order valence-corrected chi connectivity index (χ1v) is 27.9. The van der Waals surface area contributed by atoms with E-state index in [1.165, 1.54) is 27.4 Å². The molecule has 11 aromatic carbocycles. The molecule has 5 heterocycles. The van der Waals surface area contributed by atoms with Crippen molar-refractivity contribution < 1.29 is 9.15 Å². The summed E-state index contributed by atoms with van der Waals surface area (Å²) < 4.78 is 17.9. The van der Waals surface area contributed by atoms with Crippen LogP contribution in [0, 0.1) is 0 Å². The maximum atomic E-state index is 6.53. The molecule has 0 N–H and O–H groups in total. The summed E-state index contributed by atoms with van der Waals surface area (Å²) in [6.07, 6.45) is 5.12. The van der Waals surface area contributed by atoms with Gasteiger partial charge in [0.1, 0.15) is 22.7 Å². The SMILES string of the molecule is C1=C(c2nc(-c3cc(-c4ccccc4)c(-n4c5ccc(-n6c7ccccc7c7ccccc76)cc5c5ccc(-c6ccccc6)cc54)c(-c4ccccc4)c3)nc(-c3ccc4c(c3)oc3ccccc34)n2)C=C2Oc3ccccc3C2C1. The summed E-state index contributed by atoms with van der Waals surface area (Å²) in [6.45, 7) is 0. The van der Waals surface area contributed by atoms with E-state index in [0.29, 0.717) is 17.5 Å². The van der Waals surface area contributed by atoms with E-state index in [2.05, 4.69) is 246 Å². The first-order chi connectivity index (χ1) is 40.6. The van der Waals surface area contributed by atoms with Gasteiger partial charge in [-0.2, -0.15) is 0 Å². The molecule has 0 bridgehead atoms. The van der Waals surface area contributed by atoms with E-state index in [0.717, 1.165) is 123 Å². The van der Waals surface area contributed by atoms with Gasteiger partial charge in [0.2, 0.25) is 0 Å². The highest BCUT2D eigenvalue weighted by Crippen LogP contribution is 2.48. The molecule has 1 atom stereocenters. The molecule has 7 heteroatoms. The number of allylic oxidation sites excluding steroid dienone is 4. The second kappa shape index (κ2) is 18.3. The minimum Gasteiger partial charge on any atom is -0.461 e. The maximum absolute atomic E-state index is 6.53. The van der Waals surface area contributed by atoms with Gasteiger partial charge in [-0.3, -0.25) is 0 Å². The first kappa shape index (κ1) is 46.1. The van der Waals surface area contributed by atoms with Gasteiger partial charge in [-0.1, -0.05) is 188 Å². The first-order valence-electron chi connectivity index (χ1n) is 27.9. The highest BCUT2D eigenvalue weighted by Gasteiger charge is 2.32. The van der Waals surface area contributed by atoms with Crippen LogP contribution >= 0.6 is 0 Å². The molecule has 17 rings (SSSR count). The van der Waals surface area contributed by atoms with Gasteiger partial charge in [0.25, 0.3) is 0 Å². The fraction of sp³-hybridized carbons (Fsp3) is 0.0267. The van der Waals surface area contributed by atoms with Crippen molar-refractivity contribution in [3.05, 3.63) is 284 Å². The third-order valence-electron chi connectivity index (χ3n) is 16.7. The van der Waals surface area contributed by atoms with E-state index < -0.39 is 0 Å². The molecule has 82 heavy (non-hydrogen) atoms. The molecule has 1 aliphatic heterocycles. The Balaban J connectivity index is 0.929. The average Bonchev–Trinajstić information content (AvgIpc) is 3.94. The van der Waals surface area contributed by atoms with Crippen molar-refractivity contribution in [1.82, 2.24) is 24.1 Å². The van der Waals surface area contributed by atoms with Crippen LogP contribution in [0.2, 0.25) is 0 Å². The zero-order chi connectivity index (χ0) is 53.8. The van der Waals surface area contributed by atoms with Crippen molar-refractivity contribution in [3.63, 3.8) is 0 Å². The maximum Gasteiger partial charge on any atom is 0.164 e. The second-order valence-electron chi connectivity index (χ2n) is 21.4. The van der Waals surface area contributed by atoms with Gasteiger partial charge < -0.3 is 18.3 Å². The molecule has 0 amide bonds. The van der Waals surface area contributed by atoms with E-state index in [1.54, 1.807) is 0 Å². The Bertz CT molecular complexity index is 5050. The van der Waals surface area contributed by atoms with Gasteiger partial charge in [-0.05, 0) is 108 Å². The lowest BCUT2D eigenvalue weighted by Gasteiger charge is -2.21. The number of para-hydroxylation sites is 4. The highest BCUT2D eigenvalue weighted by atomic mass is 16.5. The Morgan fingerprint density at radius 3 is 1.66 bits per heavy atom. The van der Waals surface area contributed by atoms with Gasteiger partial charge in [-0.25, -0.2) is 15.0 Å². The van der Waals surface area contributed by atoms with Crippen LogP contribution < -0.4 is 4.74 Å². The Labute approximate surface area is 471 Å². The van der Waals surface area contributed by atoms with Crippen LogP contribution in [0.25, 0.3) is 139 Å². The molecule has 2 aliphatic rings. The Morgan fingerprint density at radius 1 is 0.366 bits per heavy atom. The molecule has 0 radical (unpaired) electrons. The van der Waals surface area contributed by atoms with Crippen LogP contribution in [0.4, 0.5) is 0 Å². The molecule has 384 valence electrons. The number of hydrogen-bond acceptors (Lipinski definition) is 5. The molecule has 0 saturated carbocycles. The van der Waals surface area contributed by atoms with Crippen molar-refractivity contribution in [2.75, 3.05) is 0 Å². The number of aromatic nitrogens is 5. The molecule has 15 aromatic rings. The van der Waals surface area contributed by atoms with Crippen LogP contribution in [0.5, 0.6) is 5.75 Å². The summed E-state index contributed by atoms with van der Waals surface area (Å²) >= 11 is 0. The van der Waals surface area contributed by atoms with Crippen molar-refractivity contribution in [3.8, 4) is 73.3 Å². The molecule has 1 unspecified atom stereocenters. The number of nitrogens with zero attached hydrogens (tertiary/aromatic N) is 5. The number of benzene rings is 11. The van der Waals surface area contributed by atoms with Crippen molar-refractivity contribution in [2.24, 2.45) is 0 Å². The van der Waals surface area contributed by atoms with E-state index >= 15 is 0 Å². The molecule has 1 aliphatic carbocycles. The lowest BCUT2D eigenvalue weighted by molar-refractivity contribution is 0.426. The predicted octanol–water partition coefficient (Wildman–Crippen LogP) is 19.1. The number of fused-ring (bicyclic) bond motifs is 12. The number of furan rings is 1. The lowest BCUT2D eigenvalue weighted by Crippen LogP contribution is -2.08. The second-order valence-corrected chi connectivity index (χ2v) is 21.4. The van der Waals surface area contributed by atoms with Crippen LogP contribution in [0.3, 0.4) is 0 Å². The summed E-state index contributed by atoms with van der Waals surface area (Å²) in [7, 11) is 0. The topological polar surface area (TPSA) is 70.9 Å². The predicted molar refractivity (Wildman–Crippen MR) is 333 cm³/mol. The summed E-state index contributed by atoms with van der Waals surface area (Å²) in [6, 6.07) is 90.9.